The lowest BCUT2D eigenvalue weighted by Gasteiger charge is -2.10. The Morgan fingerprint density at radius 2 is 2.07 bits per heavy atom. The van der Waals surface area contributed by atoms with Crippen LogP contribution in [0.1, 0.15) is 26.2 Å². The second kappa shape index (κ2) is 7.20. The number of hydrogen-bond acceptors (Lipinski definition) is 2. The lowest BCUT2D eigenvalue weighted by atomic mass is 10.2. The summed E-state index contributed by atoms with van der Waals surface area (Å²) in [5.74, 6) is -1.14. The average Bonchev–Trinajstić information content (AvgIpc) is 2.08. The number of unbranched alkanes of at least 4 members (excludes halogenated alkanes) is 1. The van der Waals surface area contributed by atoms with Crippen LogP contribution in [0.15, 0.2) is 11.8 Å². The van der Waals surface area contributed by atoms with E-state index < -0.39 is 9.76 Å². The Bertz CT molecular complexity index is 233. The van der Waals surface area contributed by atoms with E-state index in [0.717, 1.165) is 19.1 Å². The minimum Gasteiger partial charge on any atom is -0.501 e. The first-order valence-corrected chi connectivity index (χ1v) is 5.61. The molecular formula is C9H13Cl3O3. The van der Waals surface area contributed by atoms with Gasteiger partial charge in [0.1, 0.15) is 0 Å². The van der Waals surface area contributed by atoms with Gasteiger partial charge < -0.3 is 9.84 Å². The highest BCUT2D eigenvalue weighted by Crippen LogP contribution is 2.33. The van der Waals surface area contributed by atoms with Gasteiger partial charge >= 0.3 is 5.97 Å². The number of carboxylic acid groups (broad SMARTS) is 1. The number of hydrogen-bond donors (Lipinski definition) is 1. The van der Waals surface area contributed by atoms with Crippen molar-refractivity contribution in [3.05, 3.63) is 11.8 Å². The zero-order valence-corrected chi connectivity index (χ0v) is 10.6. The molecule has 6 heteroatoms. The molecule has 0 aromatic rings. The van der Waals surface area contributed by atoms with Crippen molar-refractivity contribution in [2.24, 2.45) is 0 Å². The predicted molar refractivity (Wildman–Crippen MR) is 61.5 cm³/mol. The number of carbonyl (C=O) groups is 1. The molecule has 0 spiro atoms. The van der Waals surface area contributed by atoms with Crippen molar-refractivity contribution in [2.45, 2.75) is 30.0 Å². The van der Waals surface area contributed by atoms with E-state index in [0.29, 0.717) is 6.61 Å². The van der Waals surface area contributed by atoms with E-state index in [1.165, 1.54) is 0 Å². The summed E-state index contributed by atoms with van der Waals surface area (Å²) in [6, 6.07) is 0. The molecule has 0 heterocycles. The smallest absolute Gasteiger partial charge is 0.334 e. The first kappa shape index (κ1) is 14.9. The van der Waals surface area contributed by atoms with Crippen LogP contribution < -0.4 is 0 Å². The summed E-state index contributed by atoms with van der Waals surface area (Å²) in [7, 11) is 0. The largest absolute Gasteiger partial charge is 0.501 e. The van der Waals surface area contributed by atoms with Crippen molar-refractivity contribution in [3.8, 4) is 0 Å². The Morgan fingerprint density at radius 1 is 1.47 bits per heavy atom. The van der Waals surface area contributed by atoms with E-state index >= 15 is 0 Å². The van der Waals surface area contributed by atoms with Crippen LogP contribution in [0.2, 0.25) is 0 Å². The summed E-state index contributed by atoms with van der Waals surface area (Å²) in [6.07, 6.45) is 2.79. The van der Waals surface area contributed by atoms with E-state index in [9.17, 15) is 4.79 Å². The summed E-state index contributed by atoms with van der Waals surface area (Å²) in [5.41, 5.74) is -0.0499. The fourth-order valence-electron chi connectivity index (χ4n) is 0.771. The Labute approximate surface area is 104 Å². The van der Waals surface area contributed by atoms with E-state index in [-0.39, 0.29) is 12.0 Å². The molecular weight excluding hydrogens is 262 g/mol. The van der Waals surface area contributed by atoms with E-state index in [1.807, 2.05) is 6.92 Å². The molecule has 0 saturated carbocycles. The molecule has 0 aromatic heterocycles. The van der Waals surface area contributed by atoms with Gasteiger partial charge in [0.15, 0.2) is 3.79 Å². The number of aliphatic carboxylic acids is 1. The molecule has 1 N–H and O–H groups in total. The van der Waals surface area contributed by atoms with Crippen LogP contribution in [0.25, 0.3) is 0 Å². The Hall–Kier alpha value is -0.120. The number of alkyl halides is 3. The highest BCUT2D eigenvalue weighted by molar-refractivity contribution is 6.67. The minimum atomic E-state index is -1.61. The van der Waals surface area contributed by atoms with Gasteiger partial charge in [0.25, 0.3) is 0 Å². The molecule has 3 nitrogen and oxygen atoms in total. The average molecular weight is 276 g/mol. The Morgan fingerprint density at radius 3 is 2.47 bits per heavy atom. The molecule has 15 heavy (non-hydrogen) atoms. The highest BCUT2D eigenvalue weighted by atomic mass is 35.6. The van der Waals surface area contributed by atoms with Crippen molar-refractivity contribution in [1.29, 1.82) is 0 Å². The molecule has 0 aliphatic rings. The summed E-state index contributed by atoms with van der Waals surface area (Å²) < 4.78 is 3.41. The number of halogens is 3. The van der Waals surface area contributed by atoms with E-state index in [2.05, 4.69) is 0 Å². The first-order chi connectivity index (χ1) is 6.87. The van der Waals surface area contributed by atoms with Gasteiger partial charge in [-0.3, -0.25) is 0 Å². The van der Waals surface area contributed by atoms with Gasteiger partial charge in [0, 0.05) is 6.42 Å². The number of rotatable bonds is 6. The summed E-state index contributed by atoms with van der Waals surface area (Å²) >= 11 is 16.4. The van der Waals surface area contributed by atoms with Gasteiger partial charge in [-0.25, -0.2) is 4.79 Å². The molecule has 0 unspecified atom stereocenters. The molecule has 0 aromatic carbocycles. The van der Waals surface area contributed by atoms with Crippen LogP contribution in [-0.4, -0.2) is 21.5 Å². The van der Waals surface area contributed by atoms with Gasteiger partial charge in [-0.15, -0.1) is 0 Å². The monoisotopic (exact) mass is 274 g/mol. The lowest BCUT2D eigenvalue weighted by Crippen LogP contribution is -2.11. The lowest BCUT2D eigenvalue weighted by molar-refractivity contribution is -0.133. The third kappa shape index (κ3) is 8.85. The maximum absolute atomic E-state index is 10.7. The van der Waals surface area contributed by atoms with Crippen LogP contribution in [0.3, 0.4) is 0 Å². The van der Waals surface area contributed by atoms with Crippen LogP contribution in [-0.2, 0) is 9.53 Å². The molecule has 0 rings (SSSR count). The van der Waals surface area contributed by atoms with Gasteiger partial charge in [0.05, 0.1) is 18.4 Å². The number of ether oxygens (including phenoxy) is 1. The predicted octanol–water partition coefficient (Wildman–Crippen LogP) is 3.53. The third-order valence-electron chi connectivity index (χ3n) is 1.51. The van der Waals surface area contributed by atoms with Gasteiger partial charge in [-0.2, -0.15) is 0 Å². The van der Waals surface area contributed by atoms with Crippen molar-refractivity contribution >= 4 is 40.8 Å². The van der Waals surface area contributed by atoms with Crippen molar-refractivity contribution in [2.75, 3.05) is 6.61 Å². The normalized spacial score (nSPS) is 12.7. The zero-order chi connectivity index (χ0) is 11.9. The summed E-state index contributed by atoms with van der Waals surface area (Å²) in [4.78, 5) is 10.7. The second-order valence-corrected chi connectivity index (χ2v) is 5.48. The van der Waals surface area contributed by atoms with Crippen LogP contribution in [0.4, 0.5) is 0 Å². The third-order valence-corrected chi connectivity index (χ3v) is 1.91. The molecule has 0 amide bonds. The zero-order valence-electron chi connectivity index (χ0n) is 8.30. The van der Waals surface area contributed by atoms with Crippen LogP contribution in [0, 0.1) is 0 Å². The molecule has 0 aliphatic carbocycles. The minimum absolute atomic E-state index is 0.0499. The maximum atomic E-state index is 10.7. The van der Waals surface area contributed by atoms with Crippen molar-refractivity contribution < 1.29 is 14.6 Å². The van der Waals surface area contributed by atoms with Crippen LogP contribution >= 0.6 is 34.8 Å². The molecule has 0 fully saturated rings. The molecule has 0 aliphatic heterocycles. The molecule has 0 radical (unpaired) electrons. The molecule has 0 saturated heterocycles. The Balaban J connectivity index is 4.21. The fourth-order valence-corrected chi connectivity index (χ4v) is 1.20. The molecule has 0 bridgehead atoms. The number of carboxylic acids is 1. The van der Waals surface area contributed by atoms with Crippen LogP contribution in [0.5, 0.6) is 0 Å². The van der Waals surface area contributed by atoms with Gasteiger partial charge in [0.2, 0.25) is 0 Å². The quantitative estimate of drug-likeness (QED) is 0.349. The maximum Gasteiger partial charge on any atom is 0.334 e. The SMILES string of the molecule is CCCCO/C=C(/CC(Cl)(Cl)Cl)C(=O)O. The topological polar surface area (TPSA) is 46.5 Å². The van der Waals surface area contributed by atoms with Crippen molar-refractivity contribution in [3.63, 3.8) is 0 Å². The highest BCUT2D eigenvalue weighted by Gasteiger charge is 2.25. The fraction of sp³-hybridized carbons (Fsp3) is 0.667. The van der Waals surface area contributed by atoms with Gasteiger partial charge in [-0.05, 0) is 6.42 Å². The standard InChI is InChI=1S/C9H13Cl3O3/c1-2-3-4-15-6-7(8(13)14)5-9(10,11)12/h6H,2-5H2,1H3,(H,13,14)/b7-6-. The summed E-state index contributed by atoms with van der Waals surface area (Å²) in [5, 5.41) is 8.77. The van der Waals surface area contributed by atoms with Crippen molar-refractivity contribution in [1.82, 2.24) is 0 Å². The molecule has 88 valence electrons. The van der Waals surface area contributed by atoms with Gasteiger partial charge in [-0.1, -0.05) is 48.1 Å². The molecule has 0 atom stereocenters. The first-order valence-electron chi connectivity index (χ1n) is 4.47. The van der Waals surface area contributed by atoms with E-state index in [1.54, 1.807) is 0 Å². The Kier molecular flexibility index (Phi) is 7.14. The van der Waals surface area contributed by atoms with E-state index in [4.69, 9.17) is 44.6 Å². The summed E-state index contributed by atoms with van der Waals surface area (Å²) in [6.45, 7) is 2.47. The second-order valence-electron chi connectivity index (χ2n) is 2.96.